The highest BCUT2D eigenvalue weighted by atomic mass is 16.7. The van der Waals surface area contributed by atoms with E-state index in [2.05, 4.69) is 15.0 Å². The number of hydrogen-bond acceptors (Lipinski definition) is 8. The van der Waals surface area contributed by atoms with Crippen molar-refractivity contribution in [2.75, 3.05) is 0 Å². The van der Waals surface area contributed by atoms with Crippen LogP contribution in [-0.2, 0) is 23.8 Å². The van der Waals surface area contributed by atoms with Gasteiger partial charge >= 0.3 is 11.9 Å². The number of H-pyrrole nitrogens is 1. The summed E-state index contributed by atoms with van der Waals surface area (Å²) in [7, 11) is 0. The second kappa shape index (κ2) is 5.96. The van der Waals surface area contributed by atoms with Gasteiger partial charge in [-0.05, 0) is 13.8 Å². The van der Waals surface area contributed by atoms with Gasteiger partial charge in [0, 0.05) is 13.8 Å². The van der Waals surface area contributed by atoms with Crippen molar-refractivity contribution in [3.8, 4) is 0 Å². The summed E-state index contributed by atoms with van der Waals surface area (Å²) in [5.74, 6) is -1.08. The van der Waals surface area contributed by atoms with Crippen LogP contribution < -0.4 is 5.56 Å². The van der Waals surface area contributed by atoms with Crippen molar-refractivity contribution in [1.29, 1.82) is 0 Å². The maximum Gasteiger partial charge on any atom is 0.303 e. The fraction of sp³-hybridized carbons (Fsp3) is 0.533. The van der Waals surface area contributed by atoms with Crippen molar-refractivity contribution in [3.05, 3.63) is 23.0 Å². The topological polar surface area (TPSA) is 125 Å². The molecule has 10 heteroatoms. The van der Waals surface area contributed by atoms with Gasteiger partial charge in [0.05, 0.1) is 18.8 Å². The number of nitrogens with zero attached hydrogens (tertiary/aromatic N) is 3. The van der Waals surface area contributed by atoms with E-state index in [0.717, 1.165) is 0 Å². The summed E-state index contributed by atoms with van der Waals surface area (Å²) >= 11 is 0. The molecule has 1 saturated heterocycles. The molecule has 2 aromatic rings. The molecule has 1 aliphatic heterocycles. The van der Waals surface area contributed by atoms with E-state index in [1.165, 1.54) is 31.1 Å². The van der Waals surface area contributed by atoms with Crippen LogP contribution in [0.25, 0.3) is 11.2 Å². The number of aromatic amines is 1. The Bertz CT molecular complexity index is 890. The molecule has 3 rings (SSSR count). The number of carbonyl (C=O) groups is 2. The molecule has 1 aliphatic rings. The van der Waals surface area contributed by atoms with E-state index in [0.29, 0.717) is 0 Å². The van der Waals surface area contributed by atoms with E-state index in [-0.39, 0.29) is 11.2 Å². The van der Waals surface area contributed by atoms with Crippen molar-refractivity contribution < 1.29 is 23.8 Å². The molecule has 25 heavy (non-hydrogen) atoms. The molecule has 10 nitrogen and oxygen atoms in total. The Morgan fingerprint density at radius 1 is 1.32 bits per heavy atom. The molecule has 2 aromatic heterocycles. The summed E-state index contributed by atoms with van der Waals surface area (Å²) in [6, 6.07) is 0. The van der Waals surface area contributed by atoms with Crippen LogP contribution in [0.4, 0.5) is 0 Å². The molecule has 0 aliphatic carbocycles. The number of nitrogens with one attached hydrogen (secondary N) is 1. The van der Waals surface area contributed by atoms with Gasteiger partial charge in [-0.3, -0.25) is 19.0 Å². The van der Waals surface area contributed by atoms with Crippen molar-refractivity contribution in [2.24, 2.45) is 0 Å². The normalized spacial score (nSPS) is 28.9. The van der Waals surface area contributed by atoms with E-state index >= 15 is 0 Å². The van der Waals surface area contributed by atoms with Crippen LogP contribution in [0.3, 0.4) is 0 Å². The van der Waals surface area contributed by atoms with E-state index in [1.807, 2.05) is 0 Å². The fourth-order valence-electron chi connectivity index (χ4n) is 3.20. The predicted molar refractivity (Wildman–Crippen MR) is 83.5 cm³/mol. The average Bonchev–Trinajstić information content (AvgIpc) is 3.02. The maximum atomic E-state index is 11.9. The van der Waals surface area contributed by atoms with Gasteiger partial charge in [0.15, 0.2) is 29.1 Å². The quantitative estimate of drug-likeness (QED) is 0.783. The second-order valence-electron chi connectivity index (χ2n) is 6.06. The summed E-state index contributed by atoms with van der Waals surface area (Å²) in [4.78, 5) is 45.6. The van der Waals surface area contributed by atoms with Crippen molar-refractivity contribution in [2.45, 2.75) is 51.7 Å². The van der Waals surface area contributed by atoms with Crippen LogP contribution in [0, 0.1) is 0 Å². The SMILES string of the molecule is CC(=O)O[C@@H]1[C@@H](C)O[C@@H](n2cnc3c(=O)[nH]cnc32)[C@]1(C)OC(C)=O. The highest BCUT2D eigenvalue weighted by molar-refractivity contribution is 5.70. The van der Waals surface area contributed by atoms with E-state index in [9.17, 15) is 14.4 Å². The molecule has 134 valence electrons. The molecule has 1 fully saturated rings. The van der Waals surface area contributed by atoms with Gasteiger partial charge in [-0.25, -0.2) is 9.97 Å². The summed E-state index contributed by atoms with van der Waals surface area (Å²) in [5, 5.41) is 0. The standard InChI is InChI=1S/C15H18N4O6/c1-7-11(24-8(2)20)15(4,25-9(3)21)14(23-7)19-6-18-10-12(19)16-5-17-13(10)22/h5-7,11,14H,1-4H3,(H,16,17,22)/t7-,11-,14-,15-/m1/s1. The number of rotatable bonds is 3. The number of carbonyl (C=O) groups excluding carboxylic acids is 2. The van der Waals surface area contributed by atoms with Crippen LogP contribution in [-0.4, -0.2) is 49.3 Å². The Balaban J connectivity index is 2.12. The number of esters is 2. The van der Waals surface area contributed by atoms with Crippen LogP contribution in [0.1, 0.15) is 33.9 Å². The van der Waals surface area contributed by atoms with Crippen LogP contribution >= 0.6 is 0 Å². The fourth-order valence-corrected chi connectivity index (χ4v) is 3.20. The lowest BCUT2D eigenvalue weighted by molar-refractivity contribution is -0.184. The van der Waals surface area contributed by atoms with E-state index in [4.69, 9.17) is 14.2 Å². The minimum absolute atomic E-state index is 0.125. The molecule has 0 saturated carbocycles. The minimum Gasteiger partial charge on any atom is -0.455 e. The summed E-state index contributed by atoms with van der Waals surface area (Å²) in [5.41, 5.74) is -1.34. The zero-order valence-electron chi connectivity index (χ0n) is 14.2. The lowest BCUT2D eigenvalue weighted by Crippen LogP contribution is -2.48. The molecule has 0 amide bonds. The van der Waals surface area contributed by atoms with Gasteiger partial charge < -0.3 is 19.2 Å². The molecule has 0 radical (unpaired) electrons. The summed E-state index contributed by atoms with van der Waals surface area (Å²) in [6.45, 7) is 5.83. The number of ether oxygens (including phenoxy) is 3. The molecule has 0 unspecified atom stereocenters. The van der Waals surface area contributed by atoms with Crippen LogP contribution in [0.5, 0.6) is 0 Å². The molecule has 1 N–H and O–H groups in total. The van der Waals surface area contributed by atoms with Crippen molar-refractivity contribution in [3.63, 3.8) is 0 Å². The third-order valence-electron chi connectivity index (χ3n) is 4.10. The van der Waals surface area contributed by atoms with Crippen molar-refractivity contribution in [1.82, 2.24) is 19.5 Å². The first-order valence-corrected chi connectivity index (χ1v) is 7.66. The molecule has 4 atom stereocenters. The number of imidazole rings is 1. The Hall–Kier alpha value is -2.75. The van der Waals surface area contributed by atoms with Gasteiger partial charge in [0.1, 0.15) is 0 Å². The Labute approximate surface area is 142 Å². The zero-order chi connectivity index (χ0) is 18.4. The first kappa shape index (κ1) is 17.1. The maximum absolute atomic E-state index is 11.9. The molecular weight excluding hydrogens is 332 g/mol. The lowest BCUT2D eigenvalue weighted by atomic mass is 9.96. The molecular formula is C15H18N4O6. The Kier molecular flexibility index (Phi) is 4.07. The third-order valence-corrected chi connectivity index (χ3v) is 4.10. The van der Waals surface area contributed by atoms with Crippen LogP contribution in [0.2, 0.25) is 0 Å². The summed E-state index contributed by atoms with van der Waals surface area (Å²) in [6.07, 6.45) is 0.349. The van der Waals surface area contributed by atoms with Gasteiger partial charge in [-0.15, -0.1) is 0 Å². The molecule has 0 bridgehead atoms. The monoisotopic (exact) mass is 350 g/mol. The predicted octanol–water partition coefficient (Wildman–Crippen LogP) is 0.290. The lowest BCUT2D eigenvalue weighted by Gasteiger charge is -2.33. The third kappa shape index (κ3) is 2.78. The largest absolute Gasteiger partial charge is 0.455 e. The van der Waals surface area contributed by atoms with Gasteiger partial charge in [-0.2, -0.15) is 0 Å². The first-order chi connectivity index (χ1) is 11.7. The molecule has 0 aromatic carbocycles. The average molecular weight is 350 g/mol. The summed E-state index contributed by atoms with van der Waals surface area (Å²) < 4.78 is 18.2. The Morgan fingerprint density at radius 3 is 2.68 bits per heavy atom. The van der Waals surface area contributed by atoms with Crippen LogP contribution in [0.15, 0.2) is 17.4 Å². The van der Waals surface area contributed by atoms with E-state index < -0.39 is 41.5 Å². The highest BCUT2D eigenvalue weighted by Gasteiger charge is 2.58. The number of fused-ring (bicyclic) bond motifs is 1. The zero-order valence-corrected chi connectivity index (χ0v) is 14.2. The smallest absolute Gasteiger partial charge is 0.303 e. The molecule has 3 heterocycles. The number of hydrogen-bond donors (Lipinski definition) is 1. The van der Waals surface area contributed by atoms with Gasteiger partial charge in [0.2, 0.25) is 0 Å². The first-order valence-electron chi connectivity index (χ1n) is 7.66. The Morgan fingerprint density at radius 2 is 2.04 bits per heavy atom. The molecule has 0 spiro atoms. The minimum atomic E-state index is -1.32. The van der Waals surface area contributed by atoms with Gasteiger partial charge in [-0.1, -0.05) is 0 Å². The highest BCUT2D eigenvalue weighted by Crippen LogP contribution is 2.43. The van der Waals surface area contributed by atoms with E-state index in [1.54, 1.807) is 13.8 Å². The second-order valence-corrected chi connectivity index (χ2v) is 6.06. The number of aromatic nitrogens is 4. The van der Waals surface area contributed by atoms with Gasteiger partial charge in [0.25, 0.3) is 5.56 Å². The van der Waals surface area contributed by atoms with Crippen molar-refractivity contribution >= 4 is 23.1 Å².